The Bertz CT molecular complexity index is 2030. The number of benzene rings is 2. The molecule has 2 aromatic carbocycles. The van der Waals surface area contributed by atoms with Gasteiger partial charge in [-0.1, -0.05) is 18.2 Å². The van der Waals surface area contributed by atoms with E-state index in [0.29, 0.717) is 17.3 Å². The Labute approximate surface area is 295 Å². The summed E-state index contributed by atoms with van der Waals surface area (Å²) in [6.07, 6.45) is 1.00. The molecule has 1 unspecified atom stereocenters. The summed E-state index contributed by atoms with van der Waals surface area (Å²) in [6, 6.07) is 12.8. The van der Waals surface area contributed by atoms with Crippen LogP contribution < -0.4 is 18.5 Å². The molecular formula is C33H43FN5O8S3+. The average Bonchev–Trinajstić information content (AvgIpc) is 3.50. The highest BCUT2D eigenvalue weighted by Crippen LogP contribution is 2.40. The quantitative estimate of drug-likeness (QED) is 0.184. The van der Waals surface area contributed by atoms with Crippen LogP contribution in [0.25, 0.3) is 17.2 Å². The normalized spacial score (nSPS) is 14.1. The number of rotatable bonds is 14. The minimum atomic E-state index is -4.62. The number of halogens is 1. The van der Waals surface area contributed by atoms with E-state index in [4.69, 9.17) is 14.2 Å². The summed E-state index contributed by atoms with van der Waals surface area (Å²) in [7, 11) is -4.63. The zero-order valence-electron chi connectivity index (χ0n) is 29.4. The molecule has 0 saturated carbocycles. The fourth-order valence-electron chi connectivity index (χ4n) is 5.07. The molecule has 4 rings (SSSR count). The van der Waals surface area contributed by atoms with Gasteiger partial charge in [0, 0.05) is 17.9 Å². The predicted octanol–water partition coefficient (Wildman–Crippen LogP) is 4.20. The molecule has 0 saturated heterocycles. The van der Waals surface area contributed by atoms with Crippen molar-refractivity contribution in [3.63, 3.8) is 0 Å². The van der Waals surface area contributed by atoms with Gasteiger partial charge in [0.25, 0.3) is 0 Å². The van der Waals surface area contributed by atoms with Gasteiger partial charge < -0.3 is 19.3 Å². The fraction of sp³-hybridized carbons (Fsp3) is 0.424. The van der Waals surface area contributed by atoms with Gasteiger partial charge in [0.05, 0.1) is 45.1 Å². The molecule has 13 nitrogen and oxygen atoms in total. The van der Waals surface area contributed by atoms with Crippen LogP contribution in [-0.2, 0) is 30.8 Å². The van der Waals surface area contributed by atoms with Crippen LogP contribution in [0, 0.1) is 5.82 Å². The van der Waals surface area contributed by atoms with E-state index in [-0.39, 0.29) is 56.8 Å². The summed E-state index contributed by atoms with van der Waals surface area (Å²) >= 11 is 0. The number of anilines is 1. The molecule has 3 atom stereocenters. The Balaban J connectivity index is 2.02. The van der Waals surface area contributed by atoms with E-state index in [1.807, 2.05) is 6.26 Å². The van der Waals surface area contributed by atoms with Crippen molar-refractivity contribution < 1.29 is 40.5 Å². The largest absolute Gasteiger partial charge is 0.494 e. The summed E-state index contributed by atoms with van der Waals surface area (Å²) in [5, 5.41) is 18.7. The summed E-state index contributed by atoms with van der Waals surface area (Å²) in [5.74, 6) is 0.364. The highest BCUT2D eigenvalue weighted by molar-refractivity contribution is 7.97. The van der Waals surface area contributed by atoms with Crippen molar-refractivity contribution in [1.29, 1.82) is 0 Å². The van der Waals surface area contributed by atoms with Gasteiger partial charge in [-0.2, -0.15) is 0 Å². The lowest BCUT2D eigenvalue weighted by atomic mass is 10.1. The van der Waals surface area contributed by atoms with Crippen LogP contribution >= 0.6 is 0 Å². The molecule has 50 heavy (non-hydrogen) atoms. The lowest BCUT2D eigenvalue weighted by Gasteiger charge is -2.30. The molecule has 0 spiro atoms. The predicted molar refractivity (Wildman–Crippen MR) is 192 cm³/mol. The van der Waals surface area contributed by atoms with Gasteiger partial charge in [-0.15, -0.1) is 10.2 Å². The van der Waals surface area contributed by atoms with Gasteiger partial charge in [-0.25, -0.2) is 30.5 Å². The van der Waals surface area contributed by atoms with E-state index < -0.39 is 41.9 Å². The molecule has 1 N–H and O–H groups in total. The van der Waals surface area contributed by atoms with Gasteiger partial charge >= 0.3 is 0 Å². The third kappa shape index (κ3) is 8.00. The molecule has 0 aliphatic heterocycles. The molecule has 0 radical (unpaired) electrons. The summed E-state index contributed by atoms with van der Waals surface area (Å²) in [5.41, 5.74) is 0.300. The number of sulfonamides is 1. The number of pyridine rings is 1. The summed E-state index contributed by atoms with van der Waals surface area (Å²) in [6.45, 7) is 7.32. The first-order chi connectivity index (χ1) is 23.4. The molecule has 17 heteroatoms. The van der Waals surface area contributed by atoms with Crippen LogP contribution in [0.4, 0.5) is 10.3 Å². The van der Waals surface area contributed by atoms with E-state index in [9.17, 15) is 26.3 Å². The van der Waals surface area contributed by atoms with E-state index in [2.05, 4.69) is 36.0 Å². The van der Waals surface area contributed by atoms with E-state index in [0.717, 1.165) is 28.8 Å². The lowest BCUT2D eigenvalue weighted by molar-refractivity contribution is 0.172. The highest BCUT2D eigenvalue weighted by atomic mass is 32.2. The maximum absolute atomic E-state index is 14.8. The van der Waals surface area contributed by atoms with Crippen LogP contribution in [-0.4, -0.2) is 97.8 Å². The molecule has 0 amide bonds. The first-order valence-corrected chi connectivity index (χ1v) is 20.6. The van der Waals surface area contributed by atoms with Crippen molar-refractivity contribution in [2.75, 3.05) is 50.4 Å². The molecule has 0 aliphatic carbocycles. The standard InChI is InChI=1S/C33H43FN5O8S3/c1-21(30(40)23-17-16-22(34)20-27(23)49(9,41)42)50(43,44)38(18-19-48(8)33(2,3)4)32-37-36-31(24-12-10-15-28(35-24)47-7)39(32)29-25(45-5)13-11-14-26(29)46-6/h10-17,20-21,30,40H,18-19H2,1-9H3/q+1/t21-,30+,48?/m1/s1. The number of hydrogen-bond acceptors (Lipinski definition) is 11. The number of methoxy groups -OCH3 is 3. The molecule has 2 heterocycles. The number of aliphatic hydroxyl groups excluding tert-OH is 1. The third-order valence-electron chi connectivity index (χ3n) is 8.22. The number of sulfone groups is 1. The van der Waals surface area contributed by atoms with Crippen molar-refractivity contribution in [3.8, 4) is 34.6 Å². The Morgan fingerprint density at radius 1 is 0.960 bits per heavy atom. The van der Waals surface area contributed by atoms with E-state index in [1.54, 1.807) is 36.4 Å². The van der Waals surface area contributed by atoms with Gasteiger partial charge in [-0.05, 0) is 68.9 Å². The molecule has 272 valence electrons. The number of nitrogens with zero attached hydrogens (tertiary/aromatic N) is 5. The lowest BCUT2D eigenvalue weighted by Crippen LogP contribution is -2.45. The summed E-state index contributed by atoms with van der Waals surface area (Å²) < 4.78 is 88.2. The molecular weight excluding hydrogens is 710 g/mol. The smallest absolute Gasteiger partial charge is 0.246 e. The first-order valence-electron chi connectivity index (χ1n) is 15.4. The maximum Gasteiger partial charge on any atom is 0.246 e. The zero-order valence-corrected chi connectivity index (χ0v) is 31.9. The minimum absolute atomic E-state index is 0.0975. The third-order valence-corrected chi connectivity index (χ3v) is 14.4. The molecule has 0 aliphatic rings. The second-order valence-electron chi connectivity index (χ2n) is 12.4. The maximum atomic E-state index is 14.8. The van der Waals surface area contributed by atoms with Gasteiger partial charge in [0.15, 0.2) is 15.7 Å². The minimum Gasteiger partial charge on any atom is -0.494 e. The Morgan fingerprint density at radius 2 is 1.58 bits per heavy atom. The van der Waals surface area contributed by atoms with Gasteiger partial charge in [0.1, 0.15) is 44.4 Å². The number of hydrogen-bond donors (Lipinski definition) is 1. The molecule has 2 aromatic heterocycles. The van der Waals surface area contributed by atoms with Crippen LogP contribution in [0.5, 0.6) is 17.4 Å². The van der Waals surface area contributed by atoms with Crippen LogP contribution in [0.2, 0.25) is 0 Å². The number of ether oxygens (including phenoxy) is 3. The van der Waals surface area contributed by atoms with E-state index in [1.165, 1.54) is 32.8 Å². The molecule has 4 aromatic rings. The van der Waals surface area contributed by atoms with Crippen LogP contribution in [0.1, 0.15) is 39.4 Å². The van der Waals surface area contributed by atoms with Crippen LogP contribution in [0.15, 0.2) is 59.5 Å². The summed E-state index contributed by atoms with van der Waals surface area (Å²) in [4.78, 5) is 4.00. The van der Waals surface area contributed by atoms with Gasteiger partial charge in [0.2, 0.25) is 21.9 Å². The monoisotopic (exact) mass is 752 g/mol. The number of para-hydroxylation sites is 1. The number of aromatic nitrogens is 4. The Morgan fingerprint density at radius 3 is 2.14 bits per heavy atom. The second kappa shape index (κ2) is 15.1. The van der Waals surface area contributed by atoms with E-state index >= 15 is 0 Å². The molecule has 0 bridgehead atoms. The molecule has 0 fully saturated rings. The van der Waals surface area contributed by atoms with Crippen molar-refractivity contribution in [1.82, 2.24) is 19.7 Å². The Kier molecular flexibility index (Phi) is 11.8. The topological polar surface area (TPSA) is 163 Å². The van der Waals surface area contributed by atoms with Crippen molar-refractivity contribution in [2.24, 2.45) is 0 Å². The average molecular weight is 753 g/mol. The van der Waals surface area contributed by atoms with Crippen molar-refractivity contribution in [2.45, 2.75) is 48.7 Å². The SMILES string of the molecule is COc1cccc(-c2nnc(N(CC[S+](C)C(C)(C)C)S(=O)(=O)[C@H](C)[C@H](O)c3ccc(F)cc3S(C)(=O)=O)n2-c2c(OC)cccc2OC)n1. The van der Waals surface area contributed by atoms with Crippen LogP contribution in [0.3, 0.4) is 0 Å². The first kappa shape index (κ1) is 38.9. The number of aliphatic hydroxyl groups is 1. The second-order valence-corrected chi connectivity index (χ2v) is 19.5. The zero-order chi connectivity index (χ0) is 37.2. The Hall–Kier alpha value is -3.93. The fourth-order valence-corrected chi connectivity index (χ4v) is 8.76. The van der Waals surface area contributed by atoms with Crippen molar-refractivity contribution in [3.05, 3.63) is 66.0 Å². The van der Waals surface area contributed by atoms with Crippen molar-refractivity contribution >= 4 is 36.7 Å². The highest BCUT2D eigenvalue weighted by Gasteiger charge is 2.41. The van der Waals surface area contributed by atoms with Gasteiger partial charge in [-0.3, -0.25) is 4.57 Å².